The summed E-state index contributed by atoms with van der Waals surface area (Å²) in [4.78, 5) is 51.5. The van der Waals surface area contributed by atoms with E-state index in [0.29, 0.717) is 116 Å². The fraction of sp³-hybridized carbons (Fsp3) is 0.294. The molecule has 6 aliphatic rings. The van der Waals surface area contributed by atoms with Crippen molar-refractivity contribution >= 4 is 163 Å². The zero-order valence-corrected chi connectivity index (χ0v) is 75.1. The van der Waals surface area contributed by atoms with Crippen molar-refractivity contribution < 1.29 is 32.8 Å². The minimum absolute atomic E-state index is 0.133. The zero-order chi connectivity index (χ0) is 86.9. The first-order valence-corrected chi connectivity index (χ1v) is 42.2. The van der Waals surface area contributed by atoms with E-state index in [0.717, 1.165) is 212 Å². The number of aromatic nitrogens is 12. The van der Waals surface area contributed by atoms with E-state index in [9.17, 15) is 4.39 Å². The predicted molar refractivity (Wildman–Crippen MR) is 483 cm³/mol. The second kappa shape index (κ2) is 38.1. The summed E-state index contributed by atoms with van der Waals surface area (Å²) >= 11 is 68.6. The maximum atomic E-state index is 13.6. The van der Waals surface area contributed by atoms with Crippen LogP contribution in [0.3, 0.4) is 0 Å². The molecule has 6 aromatic carbocycles. The molecule has 24 nitrogen and oxygen atoms in total. The Balaban J connectivity index is 0.000000125. The van der Waals surface area contributed by atoms with Gasteiger partial charge >= 0.3 is 0 Å². The van der Waals surface area contributed by atoms with Gasteiger partial charge in [-0.05, 0) is 163 Å². The Morgan fingerprint density at radius 1 is 0.322 bits per heavy atom. The molecule has 0 fully saturated rings. The minimum atomic E-state index is -0.500. The van der Waals surface area contributed by atoms with Crippen molar-refractivity contribution in [2.24, 2.45) is 0 Å². The third-order valence-corrected chi connectivity index (χ3v) is 24.2. The molecule has 36 heteroatoms. The monoisotopic (exact) mass is 1850 g/mol. The molecule has 12 N–H and O–H groups in total. The van der Waals surface area contributed by atoms with Crippen LogP contribution in [0.25, 0.3) is 67.5 Å². The fourth-order valence-corrected chi connectivity index (χ4v) is 18.3. The standard InChI is InChI=1S/C15H13Cl2N3O.C15H15Cl2N3O.2C14H13Cl2N3O.C14H13ClFN3O.C13H13Cl2N3O/c16-9-6-10(17)14-8(4-5-21-14)12(9)13-7-2-1-3-11(7)19-15(18)20-13;1-7(2)11-6-12(20-15(18)19-11)13-8-3-4-21-14(8)10(17)5-9(13)16;1-6-7(2)18-14(17)19-12(6)11-8-3-4-20-13(8)10(16)5-9(11)15;2*1-20-12-5-8(9(15)6-10(12)16)13-7-3-2-4-11(7)18-14(17)19-13;1-6-7(2)17-13(16)18-12(6)8-4-11(19-3)10(15)5-9(8)14/h6H,1-5H2,(H2,18,19,20);5-7H,3-4H2,1-2H3,(H2,18,19,20);5H,3-4H2,1-2H3,(H2,17,18,19);2*5-6H,2-4H2,1H3,(H2,17,18,19);4-5H,1-3H3,(H2,16,17,18). The molecule has 0 atom stereocenters. The maximum Gasteiger partial charge on any atom is 0.220 e. The van der Waals surface area contributed by atoms with E-state index in [-0.39, 0.29) is 46.4 Å². The first-order chi connectivity index (χ1) is 57.7. The number of aryl methyl sites for hydroxylation is 5. The average molecular weight is 1860 g/mol. The molecule has 3 aliphatic carbocycles. The number of methoxy groups -OCH3 is 3. The summed E-state index contributed by atoms with van der Waals surface area (Å²) in [5, 5.41) is 5.55. The first kappa shape index (κ1) is 89.3. The summed E-state index contributed by atoms with van der Waals surface area (Å²) in [6.45, 7) is 13.6. The van der Waals surface area contributed by atoms with E-state index in [4.69, 9.17) is 190 Å². The van der Waals surface area contributed by atoms with Gasteiger partial charge in [-0.1, -0.05) is 141 Å². The van der Waals surface area contributed by atoms with Crippen molar-refractivity contribution in [1.29, 1.82) is 0 Å². The molecule has 9 heterocycles. The Morgan fingerprint density at radius 2 is 0.653 bits per heavy atom. The van der Waals surface area contributed by atoms with E-state index >= 15 is 0 Å². The van der Waals surface area contributed by atoms with Gasteiger partial charge < -0.3 is 62.8 Å². The Labute approximate surface area is 752 Å². The van der Waals surface area contributed by atoms with Crippen molar-refractivity contribution in [3.63, 3.8) is 0 Å². The average Bonchev–Trinajstić information content (AvgIpc) is 1.61. The van der Waals surface area contributed by atoms with Gasteiger partial charge in [-0.25, -0.2) is 64.2 Å². The molecular weight excluding hydrogens is 1780 g/mol. The van der Waals surface area contributed by atoms with Gasteiger partial charge in [-0.15, -0.1) is 0 Å². The SMILES string of the molecule is CC(C)c1cc(-c2c(Cl)cc(Cl)c3c2CCO3)nc(N)n1.COc1cc(-c2nc(N)nc(C)c2C)c(Cl)cc1Cl.COc1cc(-c2nc(N)nc3c2CCC3)c(Cl)cc1Cl.COc1cc(-c2nc(N)nc3c2CCC3)c(Cl)cc1F.Cc1nc(N)nc(-c2c(Cl)cc(Cl)c3c2CCO3)c1C.Nc1nc2c(c(-c3c(Cl)cc(Cl)c4c3CCO4)n1)CCC2. The number of nitrogens with two attached hydrogens (primary N) is 6. The molecule has 0 spiro atoms. The number of anilines is 6. The quantitative estimate of drug-likeness (QED) is 0.0740. The number of fused-ring (bicyclic) bond motifs is 6. The van der Waals surface area contributed by atoms with Crippen LogP contribution in [0.15, 0.2) is 60.7 Å². The van der Waals surface area contributed by atoms with Crippen LogP contribution in [-0.2, 0) is 57.8 Å². The lowest BCUT2D eigenvalue weighted by Gasteiger charge is -2.14. The van der Waals surface area contributed by atoms with Crippen molar-refractivity contribution in [3.8, 4) is 102 Å². The van der Waals surface area contributed by atoms with Crippen molar-refractivity contribution in [1.82, 2.24) is 59.8 Å². The van der Waals surface area contributed by atoms with Gasteiger partial charge in [0.1, 0.15) is 28.7 Å². The molecule has 0 unspecified atom stereocenters. The largest absolute Gasteiger partial charge is 0.495 e. The third kappa shape index (κ3) is 19.2. The molecule has 0 saturated heterocycles. The number of hydrogen-bond acceptors (Lipinski definition) is 24. The second-order valence-electron chi connectivity index (χ2n) is 28.9. The van der Waals surface area contributed by atoms with E-state index in [1.807, 2.05) is 33.8 Å². The van der Waals surface area contributed by atoms with Gasteiger partial charge in [-0.3, -0.25) is 0 Å². The molecule has 0 saturated carbocycles. The number of ether oxygens (including phenoxy) is 6. The van der Waals surface area contributed by atoms with Crippen LogP contribution in [0.4, 0.5) is 40.1 Å². The number of nitrogen functional groups attached to an aromatic ring is 6. The fourth-order valence-electron chi connectivity index (χ4n) is 15.0. The summed E-state index contributed by atoms with van der Waals surface area (Å²) in [5.74, 6) is 4.57. The number of nitrogens with zero attached hydrogens (tertiary/aromatic N) is 12. The molecule has 6 aromatic heterocycles. The van der Waals surface area contributed by atoms with Crippen LogP contribution in [0.5, 0.6) is 34.5 Å². The highest BCUT2D eigenvalue weighted by Gasteiger charge is 2.32. The molecule has 630 valence electrons. The third-order valence-electron chi connectivity index (χ3n) is 20.9. The number of benzene rings is 6. The second-order valence-corrected chi connectivity index (χ2v) is 33.3. The van der Waals surface area contributed by atoms with Gasteiger partial charge in [0.05, 0.1) is 131 Å². The molecule has 3 aliphatic heterocycles. The lowest BCUT2D eigenvalue weighted by molar-refractivity contribution is 0.357. The Kier molecular flexibility index (Phi) is 28.1. The van der Waals surface area contributed by atoms with Gasteiger partial charge in [0.15, 0.2) is 11.6 Å². The number of halogens is 12. The Hall–Kier alpha value is -9.48. The van der Waals surface area contributed by atoms with Crippen LogP contribution in [0, 0.1) is 33.5 Å². The van der Waals surface area contributed by atoms with Crippen LogP contribution >= 0.6 is 128 Å². The molecule has 18 rings (SSSR count). The van der Waals surface area contributed by atoms with Crippen LogP contribution in [0.2, 0.25) is 55.2 Å². The van der Waals surface area contributed by atoms with E-state index < -0.39 is 5.82 Å². The molecular formula is C85H80Cl11FN18O6. The van der Waals surface area contributed by atoms with E-state index in [2.05, 4.69) is 73.7 Å². The van der Waals surface area contributed by atoms with Crippen LogP contribution in [0.1, 0.15) is 118 Å². The highest BCUT2D eigenvalue weighted by atomic mass is 35.5. The van der Waals surface area contributed by atoms with Crippen molar-refractivity contribution in [2.75, 3.05) is 75.6 Å². The summed E-state index contributed by atoms with van der Waals surface area (Å²) < 4.78 is 45.9. The molecule has 0 bridgehead atoms. The van der Waals surface area contributed by atoms with E-state index in [1.54, 1.807) is 62.8 Å². The minimum Gasteiger partial charge on any atom is -0.495 e. The first-order valence-electron chi connectivity index (χ1n) is 38.1. The number of rotatable bonds is 10. The van der Waals surface area contributed by atoms with Gasteiger partial charge in [0, 0.05) is 120 Å². The highest BCUT2D eigenvalue weighted by molar-refractivity contribution is 6.40. The number of hydrogen-bond donors (Lipinski definition) is 6. The molecule has 12 aromatic rings. The van der Waals surface area contributed by atoms with E-state index in [1.165, 1.54) is 13.2 Å². The molecule has 0 amide bonds. The Bertz CT molecular complexity index is 5980. The zero-order valence-electron chi connectivity index (χ0n) is 66.8. The van der Waals surface area contributed by atoms with Crippen molar-refractivity contribution in [2.45, 2.75) is 125 Å². The van der Waals surface area contributed by atoms with Crippen LogP contribution in [-0.4, -0.2) is 101 Å². The maximum absolute atomic E-state index is 13.6. The normalized spacial score (nSPS) is 13.3. The Morgan fingerprint density at radius 3 is 1.08 bits per heavy atom. The molecule has 121 heavy (non-hydrogen) atoms. The predicted octanol–water partition coefficient (Wildman–Crippen LogP) is 21.3. The van der Waals surface area contributed by atoms with Crippen molar-refractivity contribution in [3.05, 3.63) is 200 Å². The molecule has 0 radical (unpaired) electrons. The summed E-state index contributed by atoms with van der Waals surface area (Å²) in [6, 6.07) is 16.7. The summed E-state index contributed by atoms with van der Waals surface area (Å²) in [6.07, 6.45) is 11.0. The van der Waals surface area contributed by atoms with Crippen LogP contribution < -0.4 is 62.8 Å². The van der Waals surface area contributed by atoms with Gasteiger partial charge in [0.2, 0.25) is 35.7 Å². The van der Waals surface area contributed by atoms with Gasteiger partial charge in [0.25, 0.3) is 0 Å². The topological polar surface area (TPSA) is 366 Å². The summed E-state index contributed by atoms with van der Waals surface area (Å²) in [7, 11) is 4.53. The smallest absolute Gasteiger partial charge is 0.220 e. The lowest BCUT2D eigenvalue weighted by atomic mass is 9.98. The lowest BCUT2D eigenvalue weighted by Crippen LogP contribution is -2.04. The highest BCUT2D eigenvalue weighted by Crippen LogP contribution is 2.50. The van der Waals surface area contributed by atoms with Gasteiger partial charge in [-0.2, -0.15) is 0 Å². The summed E-state index contributed by atoms with van der Waals surface area (Å²) in [5.41, 5.74) is 57.6.